The highest BCUT2D eigenvalue weighted by Crippen LogP contribution is 2.29. The third kappa shape index (κ3) is 3.14. The van der Waals surface area contributed by atoms with E-state index in [1.165, 1.54) is 0 Å². The maximum Gasteiger partial charge on any atom is 0.150 e. The quantitative estimate of drug-likeness (QED) is 0.777. The van der Waals surface area contributed by atoms with Crippen LogP contribution in [0.1, 0.15) is 6.92 Å². The van der Waals surface area contributed by atoms with E-state index >= 15 is 0 Å². The van der Waals surface area contributed by atoms with Crippen molar-refractivity contribution in [1.82, 2.24) is 0 Å². The molecule has 0 amide bonds. The van der Waals surface area contributed by atoms with Crippen molar-refractivity contribution in [3.05, 3.63) is 67.3 Å². The fourth-order valence-corrected chi connectivity index (χ4v) is 1.59. The number of rotatable bonds is 5. The van der Waals surface area contributed by atoms with Gasteiger partial charge in [0.1, 0.15) is 5.75 Å². The number of anilines is 1. The minimum absolute atomic E-state index is 0.200. The Balaban J connectivity index is 2.20. The zero-order chi connectivity index (χ0) is 12.8. The predicted octanol–water partition coefficient (Wildman–Crippen LogP) is 4.47. The molecule has 0 aliphatic heterocycles. The van der Waals surface area contributed by atoms with Gasteiger partial charge in [0.25, 0.3) is 0 Å². The van der Waals surface area contributed by atoms with Crippen molar-refractivity contribution < 1.29 is 4.74 Å². The second kappa shape index (κ2) is 5.92. The molecule has 0 radical (unpaired) electrons. The van der Waals surface area contributed by atoms with Crippen LogP contribution in [0.15, 0.2) is 67.3 Å². The second-order valence-electron chi connectivity index (χ2n) is 4.08. The van der Waals surface area contributed by atoms with Gasteiger partial charge < -0.3 is 10.1 Å². The summed E-state index contributed by atoms with van der Waals surface area (Å²) in [6.07, 6.45) is 1.86. The summed E-state index contributed by atoms with van der Waals surface area (Å²) in [7, 11) is 0. The number of benzene rings is 2. The SMILES string of the molecule is C=CC(C)Nc1ccccc1Oc1ccccc1. The Labute approximate surface area is 108 Å². The molecule has 0 bridgehead atoms. The number of hydrogen-bond donors (Lipinski definition) is 1. The molecule has 2 rings (SSSR count). The van der Waals surface area contributed by atoms with E-state index in [1.807, 2.05) is 67.6 Å². The van der Waals surface area contributed by atoms with Crippen LogP contribution in [-0.4, -0.2) is 6.04 Å². The number of para-hydroxylation sites is 3. The van der Waals surface area contributed by atoms with Gasteiger partial charge in [0.2, 0.25) is 0 Å². The van der Waals surface area contributed by atoms with Crippen LogP contribution in [0, 0.1) is 0 Å². The highest BCUT2D eigenvalue weighted by Gasteiger charge is 2.05. The van der Waals surface area contributed by atoms with Crippen LogP contribution in [0.3, 0.4) is 0 Å². The maximum atomic E-state index is 5.86. The van der Waals surface area contributed by atoms with E-state index in [4.69, 9.17) is 4.74 Å². The Morgan fingerprint density at radius 1 is 1.06 bits per heavy atom. The van der Waals surface area contributed by atoms with Crippen LogP contribution in [0.25, 0.3) is 0 Å². The van der Waals surface area contributed by atoms with Crippen LogP contribution >= 0.6 is 0 Å². The summed E-state index contributed by atoms with van der Waals surface area (Å²) in [5.74, 6) is 1.65. The first-order valence-corrected chi connectivity index (χ1v) is 6.00. The maximum absolute atomic E-state index is 5.86. The molecule has 0 saturated carbocycles. The van der Waals surface area contributed by atoms with Crippen molar-refractivity contribution in [2.24, 2.45) is 0 Å². The zero-order valence-electron chi connectivity index (χ0n) is 10.5. The van der Waals surface area contributed by atoms with E-state index < -0.39 is 0 Å². The molecule has 2 nitrogen and oxygen atoms in total. The highest BCUT2D eigenvalue weighted by atomic mass is 16.5. The Morgan fingerprint density at radius 3 is 2.44 bits per heavy atom. The molecule has 2 aromatic carbocycles. The van der Waals surface area contributed by atoms with Crippen LogP contribution in [-0.2, 0) is 0 Å². The molecule has 92 valence electrons. The first-order valence-electron chi connectivity index (χ1n) is 6.00. The lowest BCUT2D eigenvalue weighted by Gasteiger charge is -2.15. The minimum atomic E-state index is 0.200. The lowest BCUT2D eigenvalue weighted by Crippen LogP contribution is -2.11. The van der Waals surface area contributed by atoms with Gasteiger partial charge in [0.05, 0.1) is 5.69 Å². The van der Waals surface area contributed by atoms with Gasteiger partial charge in [0, 0.05) is 6.04 Å². The molecule has 0 spiro atoms. The van der Waals surface area contributed by atoms with Crippen molar-refractivity contribution in [3.8, 4) is 11.5 Å². The van der Waals surface area contributed by atoms with Crippen LogP contribution in [0.5, 0.6) is 11.5 Å². The van der Waals surface area contributed by atoms with E-state index in [9.17, 15) is 0 Å². The summed E-state index contributed by atoms with van der Waals surface area (Å²) in [6, 6.07) is 17.8. The molecule has 2 aromatic rings. The molecule has 0 aliphatic rings. The lowest BCUT2D eigenvalue weighted by molar-refractivity contribution is 0.484. The van der Waals surface area contributed by atoms with Gasteiger partial charge in [-0.1, -0.05) is 36.4 Å². The van der Waals surface area contributed by atoms with E-state index in [1.54, 1.807) is 0 Å². The topological polar surface area (TPSA) is 21.3 Å². The van der Waals surface area contributed by atoms with Crippen molar-refractivity contribution >= 4 is 5.69 Å². The van der Waals surface area contributed by atoms with Gasteiger partial charge in [0.15, 0.2) is 5.75 Å². The fraction of sp³-hybridized carbons (Fsp3) is 0.125. The average Bonchev–Trinajstić information content (AvgIpc) is 2.42. The van der Waals surface area contributed by atoms with E-state index in [0.29, 0.717) is 0 Å². The predicted molar refractivity (Wildman–Crippen MR) is 76.2 cm³/mol. The molecule has 0 saturated heterocycles. The molecule has 2 heteroatoms. The highest BCUT2D eigenvalue weighted by molar-refractivity contribution is 5.58. The number of ether oxygens (including phenoxy) is 1. The summed E-state index contributed by atoms with van der Waals surface area (Å²) in [5.41, 5.74) is 0.966. The summed E-state index contributed by atoms with van der Waals surface area (Å²) in [4.78, 5) is 0. The Kier molecular flexibility index (Phi) is 4.02. The van der Waals surface area contributed by atoms with Crippen molar-refractivity contribution in [2.45, 2.75) is 13.0 Å². The number of nitrogens with one attached hydrogen (secondary N) is 1. The minimum Gasteiger partial charge on any atom is -0.455 e. The summed E-state index contributed by atoms with van der Waals surface area (Å²) in [6.45, 7) is 5.82. The van der Waals surface area contributed by atoms with Gasteiger partial charge in [-0.15, -0.1) is 6.58 Å². The van der Waals surface area contributed by atoms with Crippen LogP contribution in [0.4, 0.5) is 5.69 Å². The molecular weight excluding hydrogens is 222 g/mol. The molecule has 18 heavy (non-hydrogen) atoms. The van der Waals surface area contributed by atoms with Gasteiger partial charge in [-0.05, 0) is 31.2 Å². The molecular formula is C16H17NO. The normalized spacial score (nSPS) is 11.6. The molecule has 0 aliphatic carbocycles. The lowest BCUT2D eigenvalue weighted by atomic mass is 10.2. The molecule has 1 unspecified atom stereocenters. The summed E-state index contributed by atoms with van der Waals surface area (Å²) < 4.78 is 5.86. The first-order chi connectivity index (χ1) is 8.79. The average molecular weight is 239 g/mol. The van der Waals surface area contributed by atoms with Crippen LogP contribution < -0.4 is 10.1 Å². The number of hydrogen-bond acceptors (Lipinski definition) is 2. The summed E-state index contributed by atoms with van der Waals surface area (Å²) in [5, 5.41) is 3.34. The Morgan fingerprint density at radius 2 is 1.72 bits per heavy atom. The Hall–Kier alpha value is -2.22. The van der Waals surface area contributed by atoms with E-state index in [0.717, 1.165) is 17.2 Å². The molecule has 0 aromatic heterocycles. The second-order valence-corrected chi connectivity index (χ2v) is 4.08. The summed E-state index contributed by atoms with van der Waals surface area (Å²) >= 11 is 0. The molecule has 0 heterocycles. The van der Waals surface area contributed by atoms with Gasteiger partial charge in [-0.2, -0.15) is 0 Å². The monoisotopic (exact) mass is 239 g/mol. The van der Waals surface area contributed by atoms with Gasteiger partial charge in [-0.25, -0.2) is 0 Å². The van der Waals surface area contributed by atoms with Gasteiger partial charge >= 0.3 is 0 Å². The van der Waals surface area contributed by atoms with Crippen molar-refractivity contribution in [3.63, 3.8) is 0 Å². The first kappa shape index (κ1) is 12.2. The third-order valence-electron chi connectivity index (χ3n) is 2.59. The largest absolute Gasteiger partial charge is 0.455 e. The van der Waals surface area contributed by atoms with E-state index in [-0.39, 0.29) is 6.04 Å². The molecule has 1 atom stereocenters. The molecule has 1 N–H and O–H groups in total. The standard InChI is InChI=1S/C16H17NO/c1-3-13(2)17-15-11-7-8-12-16(15)18-14-9-5-4-6-10-14/h3-13,17H,1H2,2H3. The van der Waals surface area contributed by atoms with Gasteiger partial charge in [-0.3, -0.25) is 0 Å². The van der Waals surface area contributed by atoms with Crippen molar-refractivity contribution in [1.29, 1.82) is 0 Å². The molecule has 0 fully saturated rings. The van der Waals surface area contributed by atoms with Crippen LogP contribution in [0.2, 0.25) is 0 Å². The zero-order valence-corrected chi connectivity index (χ0v) is 10.5. The third-order valence-corrected chi connectivity index (χ3v) is 2.59. The smallest absolute Gasteiger partial charge is 0.150 e. The van der Waals surface area contributed by atoms with E-state index in [2.05, 4.69) is 11.9 Å². The Bertz CT molecular complexity index is 508. The van der Waals surface area contributed by atoms with Crippen molar-refractivity contribution in [2.75, 3.05) is 5.32 Å². The fourth-order valence-electron chi connectivity index (χ4n) is 1.59.